The number of nitrogens with one attached hydrogen (secondary N) is 2. The molecule has 2 atom stereocenters. The number of carbonyl (C=O) groups excluding carboxylic acids is 4. The van der Waals surface area contributed by atoms with E-state index in [4.69, 9.17) is 0 Å². The summed E-state index contributed by atoms with van der Waals surface area (Å²) >= 11 is 0. The van der Waals surface area contributed by atoms with Gasteiger partial charge in [-0.2, -0.15) is 26.3 Å². The summed E-state index contributed by atoms with van der Waals surface area (Å²) in [6.45, 7) is 0.756. The number of Topliss-reactive ketones (excluding diaryl/α,β-unsaturated/α-hetero) is 1. The zero-order chi connectivity index (χ0) is 38.0. The number of ketones is 1. The number of amides is 2. The summed E-state index contributed by atoms with van der Waals surface area (Å²) in [7, 11) is 0. The van der Waals surface area contributed by atoms with Crippen LogP contribution in [-0.4, -0.2) is 53.3 Å². The second-order valence-corrected chi connectivity index (χ2v) is 12.1. The van der Waals surface area contributed by atoms with Gasteiger partial charge in [0, 0.05) is 19.3 Å². The molecule has 51 heavy (non-hydrogen) atoms. The van der Waals surface area contributed by atoms with E-state index in [0.717, 1.165) is 38.5 Å². The molecule has 0 radical (unpaired) electrons. The van der Waals surface area contributed by atoms with Gasteiger partial charge in [0.1, 0.15) is 6.04 Å². The summed E-state index contributed by atoms with van der Waals surface area (Å²) in [5.74, 6) is -6.03. The van der Waals surface area contributed by atoms with Crippen molar-refractivity contribution in [2.45, 2.75) is 115 Å². The Morgan fingerprint density at radius 3 is 1.78 bits per heavy atom. The summed E-state index contributed by atoms with van der Waals surface area (Å²) in [6, 6.07) is 6.54. The number of hydrogen-bond donors (Lipinski definition) is 3. The molecule has 0 fully saturated rings. The van der Waals surface area contributed by atoms with E-state index in [0.29, 0.717) is 18.1 Å². The number of rotatable bonds is 22. The van der Waals surface area contributed by atoms with Gasteiger partial charge in [0.2, 0.25) is 11.8 Å². The number of alkyl halides is 6. The van der Waals surface area contributed by atoms with Crippen LogP contribution >= 0.6 is 0 Å². The number of unbranched alkanes of at least 4 members (excludes halogenated alkanes) is 8. The lowest BCUT2D eigenvalue weighted by atomic mass is 10.00. The largest absolute Gasteiger partial charge is 0.481 e. The Hall–Kier alpha value is -4.43. The molecule has 0 bridgehead atoms. The van der Waals surface area contributed by atoms with Crippen molar-refractivity contribution in [1.82, 2.24) is 10.6 Å². The van der Waals surface area contributed by atoms with Gasteiger partial charge in [-0.05, 0) is 30.5 Å². The van der Waals surface area contributed by atoms with Crippen LogP contribution in [0.5, 0.6) is 0 Å². The smallest absolute Gasteiger partial charge is 0.417 e. The highest BCUT2D eigenvalue weighted by molar-refractivity contribution is 5.97. The summed E-state index contributed by atoms with van der Waals surface area (Å²) in [5, 5.41) is 14.1. The van der Waals surface area contributed by atoms with Gasteiger partial charge in [0.25, 0.3) is 0 Å². The fourth-order valence-electron chi connectivity index (χ4n) is 5.33. The minimum Gasteiger partial charge on any atom is -0.481 e. The Kier molecular flexibility index (Phi) is 17.6. The van der Waals surface area contributed by atoms with E-state index in [9.17, 15) is 55.4 Å². The summed E-state index contributed by atoms with van der Waals surface area (Å²) in [4.78, 5) is 63.3. The molecule has 15 heteroatoms. The van der Waals surface area contributed by atoms with Crippen LogP contribution < -0.4 is 10.6 Å². The maximum atomic E-state index is 13.5. The average molecular weight is 731 g/mol. The molecular formula is C36H44F6N2O7. The molecule has 282 valence electrons. The molecule has 0 aliphatic carbocycles. The van der Waals surface area contributed by atoms with E-state index in [2.05, 4.69) is 22.3 Å². The second-order valence-electron chi connectivity index (χ2n) is 12.1. The van der Waals surface area contributed by atoms with Crippen LogP contribution in [0.2, 0.25) is 0 Å². The molecule has 0 saturated heterocycles. The van der Waals surface area contributed by atoms with Crippen molar-refractivity contribution >= 4 is 29.5 Å². The van der Waals surface area contributed by atoms with Gasteiger partial charge in [-0.3, -0.25) is 19.2 Å². The van der Waals surface area contributed by atoms with Crippen LogP contribution in [0.25, 0.3) is 0 Å². The molecule has 0 unspecified atom stereocenters. The number of carboxylic acid groups (broad SMARTS) is 1. The summed E-state index contributed by atoms with van der Waals surface area (Å²) in [6.07, 6.45) is -2.74. The molecule has 0 aliphatic heterocycles. The summed E-state index contributed by atoms with van der Waals surface area (Å²) in [5.41, 5.74) is -5.10. The lowest BCUT2D eigenvalue weighted by Gasteiger charge is -2.23. The van der Waals surface area contributed by atoms with Crippen LogP contribution in [0, 0.1) is 0 Å². The average Bonchev–Trinajstić information content (AvgIpc) is 3.07. The zero-order valence-electron chi connectivity index (χ0n) is 28.3. The van der Waals surface area contributed by atoms with Crippen LogP contribution in [0.4, 0.5) is 26.3 Å². The first-order valence-corrected chi connectivity index (χ1v) is 16.9. The third-order valence-corrected chi connectivity index (χ3v) is 8.02. The Morgan fingerprint density at radius 1 is 0.706 bits per heavy atom. The molecule has 0 spiro atoms. The van der Waals surface area contributed by atoms with E-state index in [1.165, 1.54) is 12.8 Å². The number of benzene rings is 2. The van der Waals surface area contributed by atoms with Gasteiger partial charge in [0.15, 0.2) is 12.4 Å². The Morgan fingerprint density at radius 2 is 1.25 bits per heavy atom. The van der Waals surface area contributed by atoms with Gasteiger partial charge in [-0.1, -0.05) is 94.7 Å². The number of carboxylic acids is 1. The molecule has 2 aromatic rings. The number of halogens is 6. The van der Waals surface area contributed by atoms with Crippen molar-refractivity contribution in [2.75, 3.05) is 6.61 Å². The SMILES string of the molecule is CCCCCCCCCCCC(=O)N[C@@H](Cc1ccccc1)C(=O)N[C@@H](CCC(=O)O)C(=O)COC(=O)c1c(C(F)(F)F)cccc1C(F)(F)F. The Balaban J connectivity index is 2.16. The molecule has 0 aliphatic rings. The van der Waals surface area contributed by atoms with Gasteiger partial charge in [-0.15, -0.1) is 0 Å². The third kappa shape index (κ3) is 15.6. The van der Waals surface area contributed by atoms with Gasteiger partial charge >= 0.3 is 24.3 Å². The van der Waals surface area contributed by atoms with Crippen molar-refractivity contribution in [2.24, 2.45) is 0 Å². The third-order valence-electron chi connectivity index (χ3n) is 8.02. The van der Waals surface area contributed by atoms with E-state index >= 15 is 0 Å². The number of hydrogen-bond acceptors (Lipinski definition) is 6. The van der Waals surface area contributed by atoms with Crippen molar-refractivity contribution in [1.29, 1.82) is 0 Å². The molecule has 0 aromatic heterocycles. The normalized spacial score (nSPS) is 12.8. The second kappa shape index (κ2) is 21.1. The van der Waals surface area contributed by atoms with E-state index < -0.39 is 90.1 Å². The molecule has 2 amide bonds. The molecule has 2 rings (SSSR count). The highest BCUT2D eigenvalue weighted by atomic mass is 19.4. The van der Waals surface area contributed by atoms with Crippen molar-refractivity contribution in [3.05, 3.63) is 70.8 Å². The molecule has 0 saturated carbocycles. The van der Waals surface area contributed by atoms with E-state index in [1.807, 2.05) is 0 Å². The quantitative estimate of drug-likeness (QED) is 0.0650. The number of aliphatic carboxylic acids is 1. The lowest BCUT2D eigenvalue weighted by molar-refractivity contribution is -0.144. The molecule has 0 heterocycles. The highest BCUT2D eigenvalue weighted by Crippen LogP contribution is 2.39. The fraction of sp³-hybridized carbons (Fsp3) is 0.528. The zero-order valence-corrected chi connectivity index (χ0v) is 28.3. The maximum absolute atomic E-state index is 13.5. The first-order valence-electron chi connectivity index (χ1n) is 16.9. The first-order chi connectivity index (χ1) is 24.0. The predicted molar refractivity (Wildman–Crippen MR) is 174 cm³/mol. The first kappa shape index (κ1) is 42.7. The Labute approximate surface area is 292 Å². The van der Waals surface area contributed by atoms with Gasteiger partial charge in [-0.25, -0.2) is 4.79 Å². The fourth-order valence-corrected chi connectivity index (χ4v) is 5.33. The lowest BCUT2D eigenvalue weighted by Crippen LogP contribution is -2.53. The van der Waals surface area contributed by atoms with Gasteiger partial charge in [0.05, 0.1) is 22.7 Å². The van der Waals surface area contributed by atoms with Crippen LogP contribution in [0.1, 0.15) is 111 Å². The number of ether oxygens (including phenoxy) is 1. The van der Waals surface area contributed by atoms with Crippen LogP contribution in [0.3, 0.4) is 0 Å². The van der Waals surface area contributed by atoms with Crippen molar-refractivity contribution < 1.29 is 60.2 Å². The summed E-state index contributed by atoms with van der Waals surface area (Å²) < 4.78 is 85.8. The predicted octanol–water partition coefficient (Wildman–Crippen LogP) is 7.45. The topological polar surface area (TPSA) is 139 Å². The van der Waals surface area contributed by atoms with Crippen molar-refractivity contribution in [3.8, 4) is 0 Å². The minimum atomic E-state index is -5.39. The monoisotopic (exact) mass is 730 g/mol. The van der Waals surface area contributed by atoms with Crippen LogP contribution in [0.15, 0.2) is 48.5 Å². The number of esters is 1. The molecule has 9 nitrogen and oxygen atoms in total. The van der Waals surface area contributed by atoms with Gasteiger partial charge < -0.3 is 20.5 Å². The molecular weight excluding hydrogens is 686 g/mol. The van der Waals surface area contributed by atoms with E-state index in [1.54, 1.807) is 30.3 Å². The standard InChI is InChI=1S/C36H44F6N2O7/c1-2-3-4-5-6-7-8-9-13-19-30(46)43-28(22-24-15-11-10-12-16-24)33(49)44-27(20-21-31(47)48)29(45)23-51-34(50)32-25(35(37,38)39)17-14-18-26(32)36(40,41)42/h10-12,14-18,27-28H,2-9,13,19-23H2,1H3,(H,43,46)(H,44,49)(H,47,48)/t27-,28-/m0/s1. The van der Waals surface area contributed by atoms with Crippen molar-refractivity contribution in [3.63, 3.8) is 0 Å². The maximum Gasteiger partial charge on any atom is 0.417 e. The van der Waals surface area contributed by atoms with E-state index in [-0.39, 0.29) is 25.0 Å². The highest BCUT2D eigenvalue weighted by Gasteiger charge is 2.43. The molecule has 2 aromatic carbocycles. The Bertz CT molecular complexity index is 1420. The number of carbonyl (C=O) groups is 5. The molecule has 3 N–H and O–H groups in total. The van der Waals surface area contributed by atoms with Crippen LogP contribution in [-0.2, 0) is 42.7 Å². The minimum absolute atomic E-state index is 0.0283.